The fraction of sp³-hybridized carbons (Fsp3) is 0.588. The first kappa shape index (κ1) is 15.8. The summed E-state index contributed by atoms with van der Waals surface area (Å²) in [6, 6.07) is 6.32. The van der Waals surface area contributed by atoms with Crippen molar-refractivity contribution in [1.29, 1.82) is 0 Å². The van der Waals surface area contributed by atoms with Crippen LogP contribution in [0, 0.1) is 13.8 Å². The number of aryl methyl sites for hydroxylation is 2. The van der Waals surface area contributed by atoms with Crippen LogP contribution in [0.15, 0.2) is 18.2 Å². The van der Waals surface area contributed by atoms with Crippen LogP contribution in [0.2, 0.25) is 0 Å². The molecule has 1 saturated heterocycles. The molecule has 1 aliphatic rings. The maximum atomic E-state index is 12.2. The Morgan fingerprint density at radius 3 is 2.67 bits per heavy atom. The van der Waals surface area contributed by atoms with Crippen molar-refractivity contribution in [3.8, 4) is 5.75 Å². The van der Waals surface area contributed by atoms with Crippen LogP contribution in [0.1, 0.15) is 30.9 Å². The lowest BCUT2D eigenvalue weighted by Gasteiger charge is -2.30. The highest BCUT2D eigenvalue weighted by atomic mass is 16.5. The van der Waals surface area contributed by atoms with Gasteiger partial charge in [0.25, 0.3) is 5.91 Å². The smallest absolute Gasteiger partial charge is 0.260 e. The van der Waals surface area contributed by atoms with Crippen LogP contribution < -0.4 is 10.1 Å². The third-order valence-electron chi connectivity index (χ3n) is 4.08. The lowest BCUT2D eigenvalue weighted by molar-refractivity contribution is -0.128. The minimum absolute atomic E-state index is 0.0227. The normalized spacial score (nSPS) is 18.3. The number of rotatable bonds is 4. The summed E-state index contributed by atoms with van der Waals surface area (Å²) in [6.45, 7) is 7.91. The van der Waals surface area contributed by atoms with Gasteiger partial charge >= 0.3 is 0 Å². The van der Waals surface area contributed by atoms with Gasteiger partial charge in [0.15, 0.2) is 6.10 Å². The van der Waals surface area contributed by atoms with Gasteiger partial charge in [-0.2, -0.15) is 0 Å². The average molecular weight is 290 g/mol. The van der Waals surface area contributed by atoms with E-state index in [0.717, 1.165) is 42.8 Å². The Hall–Kier alpha value is -1.55. The van der Waals surface area contributed by atoms with Crippen LogP contribution in [0.3, 0.4) is 0 Å². The van der Waals surface area contributed by atoms with E-state index in [4.69, 9.17) is 4.74 Å². The number of carbonyl (C=O) groups is 1. The number of nitrogens with one attached hydrogen (secondary N) is 1. The first-order chi connectivity index (χ1) is 9.95. The molecule has 1 aromatic rings. The molecule has 1 amide bonds. The first-order valence-electron chi connectivity index (χ1n) is 7.68. The zero-order chi connectivity index (χ0) is 15.4. The molecule has 1 heterocycles. The van der Waals surface area contributed by atoms with E-state index in [9.17, 15) is 4.79 Å². The topological polar surface area (TPSA) is 41.6 Å². The van der Waals surface area contributed by atoms with Gasteiger partial charge in [-0.25, -0.2) is 0 Å². The summed E-state index contributed by atoms with van der Waals surface area (Å²) in [5.41, 5.74) is 2.19. The molecule has 0 aromatic heterocycles. The molecule has 1 aliphatic heterocycles. The molecular formula is C17H26N2O2. The number of amides is 1. The average Bonchev–Trinajstić information content (AvgIpc) is 2.45. The van der Waals surface area contributed by atoms with Crippen LogP contribution >= 0.6 is 0 Å². The standard InChI is InChI=1S/C17H26N2O2/c1-12-5-6-13(2)16(11-12)21-14(3)17(20)18-15-7-9-19(4)10-8-15/h5-6,11,14-15H,7-10H2,1-4H3,(H,18,20)/t14-/m1/s1. The Kier molecular flexibility index (Phi) is 5.23. The Morgan fingerprint density at radius 2 is 2.00 bits per heavy atom. The van der Waals surface area contributed by atoms with Crippen molar-refractivity contribution in [2.45, 2.75) is 45.8 Å². The second-order valence-corrected chi connectivity index (χ2v) is 6.12. The molecule has 0 radical (unpaired) electrons. The number of hydrogen-bond donors (Lipinski definition) is 1. The molecule has 4 heteroatoms. The highest BCUT2D eigenvalue weighted by Crippen LogP contribution is 2.20. The van der Waals surface area contributed by atoms with Crippen LogP contribution in [-0.2, 0) is 4.79 Å². The predicted molar refractivity (Wildman–Crippen MR) is 84.7 cm³/mol. The van der Waals surface area contributed by atoms with Gasteiger partial charge in [-0.15, -0.1) is 0 Å². The maximum absolute atomic E-state index is 12.2. The molecule has 1 fully saturated rings. The zero-order valence-corrected chi connectivity index (χ0v) is 13.5. The summed E-state index contributed by atoms with van der Waals surface area (Å²) < 4.78 is 5.83. The van der Waals surface area contributed by atoms with E-state index in [-0.39, 0.29) is 11.9 Å². The van der Waals surface area contributed by atoms with E-state index in [2.05, 4.69) is 17.3 Å². The minimum atomic E-state index is -0.467. The van der Waals surface area contributed by atoms with E-state index < -0.39 is 6.10 Å². The van der Waals surface area contributed by atoms with Crippen LogP contribution in [0.5, 0.6) is 5.75 Å². The second kappa shape index (κ2) is 6.94. The molecule has 0 bridgehead atoms. The molecule has 1 N–H and O–H groups in total. The highest BCUT2D eigenvalue weighted by molar-refractivity contribution is 5.81. The molecule has 0 spiro atoms. The number of hydrogen-bond acceptors (Lipinski definition) is 3. The Labute approximate surface area is 127 Å². The summed E-state index contributed by atoms with van der Waals surface area (Å²) >= 11 is 0. The van der Waals surface area contributed by atoms with Crippen LogP contribution in [0.25, 0.3) is 0 Å². The summed E-state index contributed by atoms with van der Waals surface area (Å²) in [6.07, 6.45) is 1.56. The Bertz CT molecular complexity index is 494. The number of benzene rings is 1. The van der Waals surface area contributed by atoms with Crippen molar-refractivity contribution in [2.75, 3.05) is 20.1 Å². The lowest BCUT2D eigenvalue weighted by Crippen LogP contribution is -2.47. The third-order valence-corrected chi connectivity index (χ3v) is 4.08. The van der Waals surface area contributed by atoms with Gasteiger partial charge in [0.1, 0.15) is 5.75 Å². The highest BCUT2D eigenvalue weighted by Gasteiger charge is 2.22. The second-order valence-electron chi connectivity index (χ2n) is 6.12. The van der Waals surface area contributed by atoms with Crippen molar-refractivity contribution in [3.05, 3.63) is 29.3 Å². The lowest BCUT2D eigenvalue weighted by atomic mass is 10.1. The van der Waals surface area contributed by atoms with Gasteiger partial charge in [-0.3, -0.25) is 4.79 Å². The summed E-state index contributed by atoms with van der Waals surface area (Å²) in [5.74, 6) is 0.770. The maximum Gasteiger partial charge on any atom is 0.260 e. The van der Waals surface area contributed by atoms with Gasteiger partial charge in [-0.1, -0.05) is 12.1 Å². The Morgan fingerprint density at radius 1 is 1.33 bits per heavy atom. The van der Waals surface area contributed by atoms with Crippen molar-refractivity contribution in [3.63, 3.8) is 0 Å². The SMILES string of the molecule is Cc1ccc(C)c(O[C@H](C)C(=O)NC2CCN(C)CC2)c1. The van der Waals surface area contributed by atoms with E-state index in [1.807, 2.05) is 39.0 Å². The number of ether oxygens (including phenoxy) is 1. The first-order valence-corrected chi connectivity index (χ1v) is 7.68. The van der Waals surface area contributed by atoms with E-state index in [1.165, 1.54) is 0 Å². The molecule has 2 rings (SSSR count). The van der Waals surface area contributed by atoms with Gasteiger partial charge in [0.2, 0.25) is 0 Å². The number of carbonyl (C=O) groups excluding carboxylic acids is 1. The largest absolute Gasteiger partial charge is 0.481 e. The van der Waals surface area contributed by atoms with Crippen molar-refractivity contribution < 1.29 is 9.53 Å². The fourth-order valence-electron chi connectivity index (χ4n) is 2.55. The number of likely N-dealkylation sites (tertiary alicyclic amines) is 1. The molecule has 0 unspecified atom stereocenters. The van der Waals surface area contributed by atoms with Crippen molar-refractivity contribution in [2.24, 2.45) is 0 Å². The van der Waals surface area contributed by atoms with Crippen LogP contribution in [0.4, 0.5) is 0 Å². The monoisotopic (exact) mass is 290 g/mol. The predicted octanol–water partition coefficient (Wildman–Crippen LogP) is 2.28. The quantitative estimate of drug-likeness (QED) is 0.925. The van der Waals surface area contributed by atoms with Gasteiger partial charge in [0.05, 0.1) is 0 Å². The molecule has 21 heavy (non-hydrogen) atoms. The van der Waals surface area contributed by atoms with Gasteiger partial charge in [0, 0.05) is 6.04 Å². The summed E-state index contributed by atoms with van der Waals surface area (Å²) in [5, 5.41) is 3.10. The Balaban J connectivity index is 1.89. The molecule has 1 aromatic carbocycles. The van der Waals surface area contributed by atoms with Gasteiger partial charge in [-0.05, 0) is 70.9 Å². The molecule has 1 atom stereocenters. The molecule has 0 saturated carbocycles. The minimum Gasteiger partial charge on any atom is -0.481 e. The van der Waals surface area contributed by atoms with Crippen molar-refractivity contribution >= 4 is 5.91 Å². The van der Waals surface area contributed by atoms with Gasteiger partial charge < -0.3 is 15.0 Å². The van der Waals surface area contributed by atoms with Crippen LogP contribution in [-0.4, -0.2) is 43.1 Å². The molecular weight excluding hydrogens is 264 g/mol. The fourth-order valence-corrected chi connectivity index (χ4v) is 2.55. The van der Waals surface area contributed by atoms with Crippen molar-refractivity contribution in [1.82, 2.24) is 10.2 Å². The molecule has 116 valence electrons. The zero-order valence-electron chi connectivity index (χ0n) is 13.5. The van der Waals surface area contributed by atoms with E-state index >= 15 is 0 Å². The molecule has 4 nitrogen and oxygen atoms in total. The van der Waals surface area contributed by atoms with E-state index in [0.29, 0.717) is 0 Å². The van der Waals surface area contributed by atoms with E-state index in [1.54, 1.807) is 0 Å². The number of piperidine rings is 1. The summed E-state index contributed by atoms with van der Waals surface area (Å²) in [4.78, 5) is 14.5. The third kappa shape index (κ3) is 4.46. The summed E-state index contributed by atoms with van der Waals surface area (Å²) in [7, 11) is 2.12. The number of nitrogens with zero attached hydrogens (tertiary/aromatic N) is 1. The molecule has 0 aliphatic carbocycles.